The average molecular weight is 462 g/mol. The molecule has 0 aromatic carbocycles. The topological polar surface area (TPSA) is 245 Å². The van der Waals surface area contributed by atoms with Crippen LogP contribution in [0.4, 0.5) is 0 Å². The zero-order valence-electron chi connectivity index (χ0n) is 17.7. The third-order valence-corrected chi connectivity index (χ3v) is 4.15. The second-order valence-electron chi connectivity index (χ2n) is 7.47. The van der Waals surface area contributed by atoms with Crippen molar-refractivity contribution in [3.8, 4) is 0 Å². The van der Waals surface area contributed by atoms with Gasteiger partial charge in [0.1, 0.15) is 18.1 Å². The highest BCUT2D eigenvalue weighted by Gasteiger charge is 2.31. The molecule has 0 aliphatic carbocycles. The van der Waals surface area contributed by atoms with Gasteiger partial charge >= 0.3 is 17.9 Å². The number of rotatable bonds is 15. The van der Waals surface area contributed by atoms with Crippen molar-refractivity contribution in [3.63, 3.8) is 0 Å². The van der Waals surface area contributed by atoms with E-state index in [4.69, 9.17) is 21.1 Å². The van der Waals surface area contributed by atoms with Crippen LogP contribution in [0.1, 0.15) is 39.5 Å². The Balaban J connectivity index is 5.28. The van der Waals surface area contributed by atoms with Gasteiger partial charge in [0.25, 0.3) is 0 Å². The summed E-state index contributed by atoms with van der Waals surface area (Å²) in [5.74, 6) is -7.34. The standard InChI is InChI=1S/C18H30N4O10/c1-8(2)5-9(19)15(28)22-12(7-23)17(30)21-11(6-14(26)27)16(29)20-10(18(31)32)3-4-13(24)25/h8-12,23H,3-7,19H2,1-2H3,(H,20,29)(H,21,30)(H,22,28)(H,24,25)(H,26,27)(H,31,32). The van der Waals surface area contributed by atoms with Crippen molar-refractivity contribution in [2.24, 2.45) is 11.7 Å². The monoisotopic (exact) mass is 462 g/mol. The molecule has 0 aliphatic heterocycles. The van der Waals surface area contributed by atoms with Gasteiger partial charge in [-0.2, -0.15) is 0 Å². The van der Waals surface area contributed by atoms with Crippen LogP contribution in [0, 0.1) is 5.92 Å². The van der Waals surface area contributed by atoms with Crippen LogP contribution in [0.3, 0.4) is 0 Å². The van der Waals surface area contributed by atoms with E-state index in [0.717, 1.165) is 0 Å². The highest BCUT2D eigenvalue weighted by Crippen LogP contribution is 2.04. The molecule has 0 heterocycles. The second-order valence-corrected chi connectivity index (χ2v) is 7.47. The molecule has 4 atom stereocenters. The third kappa shape index (κ3) is 11.2. The van der Waals surface area contributed by atoms with E-state index in [9.17, 15) is 33.9 Å². The lowest BCUT2D eigenvalue weighted by Crippen LogP contribution is -2.58. The molecule has 0 saturated heterocycles. The molecule has 0 aromatic rings. The minimum Gasteiger partial charge on any atom is -0.481 e. The number of aliphatic hydroxyl groups excluding tert-OH is 1. The van der Waals surface area contributed by atoms with Crippen LogP contribution in [0.2, 0.25) is 0 Å². The van der Waals surface area contributed by atoms with Crippen molar-refractivity contribution in [2.45, 2.75) is 63.7 Å². The quantitative estimate of drug-likeness (QED) is 0.124. The number of aliphatic carboxylic acids is 3. The van der Waals surface area contributed by atoms with Gasteiger partial charge in [-0.1, -0.05) is 13.8 Å². The SMILES string of the molecule is CC(C)CC(N)C(=O)NC(CO)C(=O)NC(CC(=O)O)C(=O)NC(CCC(=O)O)C(=O)O. The van der Waals surface area contributed by atoms with E-state index in [0.29, 0.717) is 6.42 Å². The van der Waals surface area contributed by atoms with Crippen LogP contribution < -0.4 is 21.7 Å². The van der Waals surface area contributed by atoms with Crippen LogP contribution >= 0.6 is 0 Å². The zero-order chi connectivity index (χ0) is 25.0. The van der Waals surface area contributed by atoms with Gasteiger partial charge in [-0.3, -0.25) is 24.0 Å². The van der Waals surface area contributed by atoms with Crippen LogP contribution in [0.15, 0.2) is 0 Å². The average Bonchev–Trinajstić information content (AvgIpc) is 2.66. The molecule has 14 heteroatoms. The fourth-order valence-corrected chi connectivity index (χ4v) is 2.54. The number of nitrogens with one attached hydrogen (secondary N) is 3. The van der Waals surface area contributed by atoms with Gasteiger partial charge in [-0.25, -0.2) is 4.79 Å². The lowest BCUT2D eigenvalue weighted by atomic mass is 10.0. The summed E-state index contributed by atoms with van der Waals surface area (Å²) < 4.78 is 0. The van der Waals surface area contributed by atoms with Crippen molar-refractivity contribution in [2.75, 3.05) is 6.61 Å². The van der Waals surface area contributed by atoms with Gasteiger partial charge in [0.05, 0.1) is 19.1 Å². The van der Waals surface area contributed by atoms with Gasteiger partial charge in [-0.05, 0) is 18.8 Å². The van der Waals surface area contributed by atoms with E-state index in [1.165, 1.54) is 0 Å². The minimum absolute atomic E-state index is 0.0732. The zero-order valence-corrected chi connectivity index (χ0v) is 17.7. The van der Waals surface area contributed by atoms with Gasteiger partial charge in [0.2, 0.25) is 17.7 Å². The molecule has 0 saturated carbocycles. The van der Waals surface area contributed by atoms with Crippen molar-refractivity contribution < 1.29 is 49.2 Å². The number of carbonyl (C=O) groups excluding carboxylic acids is 3. The minimum atomic E-state index is -1.76. The third-order valence-electron chi connectivity index (χ3n) is 4.15. The molecule has 32 heavy (non-hydrogen) atoms. The first-order chi connectivity index (χ1) is 14.8. The van der Waals surface area contributed by atoms with Crippen LogP contribution in [0.5, 0.6) is 0 Å². The summed E-state index contributed by atoms with van der Waals surface area (Å²) in [6.45, 7) is 2.75. The van der Waals surface area contributed by atoms with Crippen LogP contribution in [0.25, 0.3) is 0 Å². The van der Waals surface area contributed by atoms with Gasteiger partial charge in [0.15, 0.2) is 0 Å². The first kappa shape index (κ1) is 28.7. The van der Waals surface area contributed by atoms with E-state index >= 15 is 0 Å². The van der Waals surface area contributed by atoms with E-state index in [-0.39, 0.29) is 5.92 Å². The number of carboxylic acids is 3. The normalized spacial score (nSPS) is 14.5. The lowest BCUT2D eigenvalue weighted by Gasteiger charge is -2.23. The van der Waals surface area contributed by atoms with Crippen molar-refractivity contribution in [1.82, 2.24) is 16.0 Å². The summed E-state index contributed by atoms with van der Waals surface area (Å²) in [7, 11) is 0. The van der Waals surface area contributed by atoms with Gasteiger partial charge in [-0.15, -0.1) is 0 Å². The largest absolute Gasteiger partial charge is 0.481 e. The number of aliphatic hydroxyl groups is 1. The predicted octanol–water partition coefficient (Wildman–Crippen LogP) is -2.77. The Kier molecular flexibility index (Phi) is 12.5. The van der Waals surface area contributed by atoms with Crippen molar-refractivity contribution >= 4 is 35.6 Å². The van der Waals surface area contributed by atoms with Crippen LogP contribution in [-0.2, 0) is 28.8 Å². The Morgan fingerprint density at radius 1 is 0.781 bits per heavy atom. The molecule has 0 rings (SSSR count). The smallest absolute Gasteiger partial charge is 0.326 e. The summed E-state index contributed by atoms with van der Waals surface area (Å²) >= 11 is 0. The maximum Gasteiger partial charge on any atom is 0.326 e. The first-order valence-electron chi connectivity index (χ1n) is 9.72. The molecule has 14 nitrogen and oxygen atoms in total. The Hall–Kier alpha value is -3.26. The molecule has 0 aliphatic rings. The number of nitrogens with two attached hydrogens (primary N) is 1. The first-order valence-corrected chi connectivity index (χ1v) is 9.72. The van der Waals surface area contributed by atoms with Crippen LogP contribution in [-0.4, -0.2) is 86.8 Å². The summed E-state index contributed by atoms with van der Waals surface area (Å²) in [5, 5.41) is 42.4. The summed E-state index contributed by atoms with van der Waals surface area (Å²) in [5.41, 5.74) is 5.70. The molecular formula is C18H30N4O10. The van der Waals surface area contributed by atoms with Gasteiger partial charge in [0, 0.05) is 6.42 Å². The molecule has 182 valence electrons. The molecule has 0 spiro atoms. The summed E-state index contributed by atoms with van der Waals surface area (Å²) in [4.78, 5) is 69.8. The molecule has 0 radical (unpaired) electrons. The number of hydrogen-bond acceptors (Lipinski definition) is 8. The fraction of sp³-hybridized carbons (Fsp3) is 0.667. The summed E-state index contributed by atoms with van der Waals surface area (Å²) in [6, 6.07) is -5.93. The molecule has 0 fully saturated rings. The van der Waals surface area contributed by atoms with E-state index in [1.54, 1.807) is 0 Å². The molecule has 3 amide bonds. The molecule has 9 N–H and O–H groups in total. The lowest BCUT2D eigenvalue weighted by molar-refractivity contribution is -0.144. The maximum absolute atomic E-state index is 12.4. The van der Waals surface area contributed by atoms with E-state index < -0.39 is 85.7 Å². The van der Waals surface area contributed by atoms with E-state index in [1.807, 2.05) is 24.5 Å². The highest BCUT2D eigenvalue weighted by atomic mass is 16.4. The molecular weight excluding hydrogens is 432 g/mol. The van der Waals surface area contributed by atoms with E-state index in [2.05, 4.69) is 5.32 Å². The summed E-state index contributed by atoms with van der Waals surface area (Å²) in [6.07, 6.45) is -1.71. The fourth-order valence-electron chi connectivity index (χ4n) is 2.54. The maximum atomic E-state index is 12.4. The predicted molar refractivity (Wildman–Crippen MR) is 107 cm³/mol. The Bertz CT molecular complexity index is 712. The highest BCUT2D eigenvalue weighted by molar-refractivity contribution is 5.95. The van der Waals surface area contributed by atoms with Crippen molar-refractivity contribution in [1.29, 1.82) is 0 Å². The number of hydrogen-bond donors (Lipinski definition) is 8. The number of carboxylic acid groups (broad SMARTS) is 3. The van der Waals surface area contributed by atoms with Gasteiger partial charge < -0.3 is 42.1 Å². The second kappa shape index (κ2) is 13.9. The van der Waals surface area contributed by atoms with Crippen molar-refractivity contribution in [3.05, 3.63) is 0 Å². The Morgan fingerprint density at radius 2 is 1.28 bits per heavy atom. The molecule has 0 aromatic heterocycles. The molecule has 0 bridgehead atoms. The molecule has 4 unspecified atom stereocenters. The number of amides is 3. The Morgan fingerprint density at radius 3 is 1.72 bits per heavy atom. The Labute approximate surface area is 183 Å². The number of carbonyl (C=O) groups is 6.